The quantitative estimate of drug-likeness (QED) is 0.333. The first-order chi connectivity index (χ1) is 9.10. The van der Waals surface area contributed by atoms with Crippen LogP contribution in [0.4, 0.5) is 0 Å². The fourth-order valence-electron chi connectivity index (χ4n) is 2.44. The maximum Gasteiger partial charge on any atom is 0.345 e. The Morgan fingerprint density at radius 1 is 1.05 bits per heavy atom. The van der Waals surface area contributed by atoms with E-state index in [-0.39, 0.29) is 24.7 Å². The standard InChI is InChI=1S/C15H24O4/c1-4-18-14(16)13(15(17)19-5-2)10-12-9-7-6-8-11(12)3/h10-12H,4-9H2,1-3H3. The summed E-state index contributed by atoms with van der Waals surface area (Å²) >= 11 is 0. The maximum atomic E-state index is 11.8. The minimum Gasteiger partial charge on any atom is -0.462 e. The molecule has 0 N–H and O–H groups in total. The van der Waals surface area contributed by atoms with Crippen molar-refractivity contribution in [2.75, 3.05) is 13.2 Å². The molecule has 4 nitrogen and oxygen atoms in total. The summed E-state index contributed by atoms with van der Waals surface area (Å²) in [5, 5.41) is 0. The van der Waals surface area contributed by atoms with Gasteiger partial charge < -0.3 is 9.47 Å². The molecule has 1 fully saturated rings. The average molecular weight is 268 g/mol. The molecule has 1 aliphatic carbocycles. The molecular formula is C15H24O4. The van der Waals surface area contributed by atoms with Crippen LogP contribution in [0.25, 0.3) is 0 Å². The number of carbonyl (C=O) groups is 2. The van der Waals surface area contributed by atoms with Crippen molar-refractivity contribution in [2.45, 2.75) is 46.5 Å². The van der Waals surface area contributed by atoms with E-state index < -0.39 is 11.9 Å². The lowest BCUT2D eigenvalue weighted by Crippen LogP contribution is -2.22. The number of hydrogen-bond donors (Lipinski definition) is 0. The summed E-state index contributed by atoms with van der Waals surface area (Å²) in [6, 6.07) is 0. The van der Waals surface area contributed by atoms with Gasteiger partial charge in [0.25, 0.3) is 0 Å². The van der Waals surface area contributed by atoms with Crippen LogP contribution in [0.5, 0.6) is 0 Å². The fraction of sp³-hybridized carbons (Fsp3) is 0.733. The van der Waals surface area contributed by atoms with Gasteiger partial charge >= 0.3 is 11.9 Å². The van der Waals surface area contributed by atoms with Crippen LogP contribution in [0.15, 0.2) is 11.6 Å². The lowest BCUT2D eigenvalue weighted by Gasteiger charge is -2.26. The van der Waals surface area contributed by atoms with Crippen molar-refractivity contribution in [2.24, 2.45) is 11.8 Å². The molecule has 0 heterocycles. The molecule has 4 heteroatoms. The van der Waals surface area contributed by atoms with Gasteiger partial charge in [0.2, 0.25) is 0 Å². The van der Waals surface area contributed by atoms with Crippen LogP contribution in [0.3, 0.4) is 0 Å². The van der Waals surface area contributed by atoms with Crippen LogP contribution < -0.4 is 0 Å². The number of ether oxygens (including phenoxy) is 2. The first kappa shape index (κ1) is 15.7. The van der Waals surface area contributed by atoms with Gasteiger partial charge in [-0.1, -0.05) is 32.3 Å². The van der Waals surface area contributed by atoms with Crippen LogP contribution >= 0.6 is 0 Å². The Kier molecular flexibility index (Phi) is 6.60. The molecule has 1 aliphatic rings. The molecule has 0 aliphatic heterocycles. The highest BCUT2D eigenvalue weighted by Crippen LogP contribution is 2.31. The molecule has 0 bridgehead atoms. The molecule has 0 aromatic rings. The molecule has 0 saturated heterocycles. The van der Waals surface area contributed by atoms with E-state index in [1.54, 1.807) is 19.9 Å². The molecule has 0 radical (unpaired) electrons. The summed E-state index contributed by atoms with van der Waals surface area (Å²) in [7, 11) is 0. The third-order valence-electron chi connectivity index (χ3n) is 3.55. The Balaban J connectivity index is 2.87. The zero-order valence-corrected chi connectivity index (χ0v) is 12.1. The number of rotatable bonds is 5. The summed E-state index contributed by atoms with van der Waals surface area (Å²) in [4.78, 5) is 23.7. The van der Waals surface area contributed by atoms with Gasteiger partial charge in [0, 0.05) is 0 Å². The van der Waals surface area contributed by atoms with E-state index in [1.807, 2.05) is 0 Å². The fourth-order valence-corrected chi connectivity index (χ4v) is 2.44. The molecule has 108 valence electrons. The van der Waals surface area contributed by atoms with E-state index in [2.05, 4.69) is 6.92 Å². The average Bonchev–Trinajstić information content (AvgIpc) is 2.38. The van der Waals surface area contributed by atoms with Crippen molar-refractivity contribution in [1.29, 1.82) is 0 Å². The van der Waals surface area contributed by atoms with Gasteiger partial charge in [-0.3, -0.25) is 0 Å². The lowest BCUT2D eigenvalue weighted by atomic mass is 9.79. The van der Waals surface area contributed by atoms with Gasteiger partial charge in [-0.2, -0.15) is 0 Å². The predicted molar refractivity (Wildman–Crippen MR) is 72.5 cm³/mol. The van der Waals surface area contributed by atoms with Gasteiger partial charge in [-0.05, 0) is 32.1 Å². The SMILES string of the molecule is CCOC(=O)C(=CC1CCCCC1C)C(=O)OCC. The Hall–Kier alpha value is -1.32. The molecule has 2 unspecified atom stereocenters. The summed E-state index contributed by atoms with van der Waals surface area (Å²) in [5.74, 6) is -0.386. The monoisotopic (exact) mass is 268 g/mol. The second-order valence-corrected chi connectivity index (χ2v) is 4.95. The van der Waals surface area contributed by atoms with E-state index in [4.69, 9.17) is 9.47 Å². The van der Waals surface area contributed by atoms with Crippen LogP contribution in [0.1, 0.15) is 46.5 Å². The second kappa shape index (κ2) is 7.97. The van der Waals surface area contributed by atoms with E-state index in [0.717, 1.165) is 19.3 Å². The van der Waals surface area contributed by atoms with Crippen molar-refractivity contribution in [1.82, 2.24) is 0 Å². The largest absolute Gasteiger partial charge is 0.462 e. The second-order valence-electron chi connectivity index (χ2n) is 4.95. The molecule has 0 spiro atoms. The summed E-state index contributed by atoms with van der Waals surface area (Å²) < 4.78 is 9.88. The summed E-state index contributed by atoms with van der Waals surface area (Å²) in [6.45, 7) is 6.13. The topological polar surface area (TPSA) is 52.6 Å². The molecule has 0 amide bonds. The van der Waals surface area contributed by atoms with E-state index >= 15 is 0 Å². The van der Waals surface area contributed by atoms with Crippen molar-refractivity contribution in [3.05, 3.63) is 11.6 Å². The van der Waals surface area contributed by atoms with Crippen molar-refractivity contribution >= 4 is 11.9 Å². The van der Waals surface area contributed by atoms with Gasteiger partial charge in [0.1, 0.15) is 5.57 Å². The number of esters is 2. The van der Waals surface area contributed by atoms with Gasteiger partial charge in [-0.25, -0.2) is 9.59 Å². The van der Waals surface area contributed by atoms with E-state index in [9.17, 15) is 9.59 Å². The molecular weight excluding hydrogens is 244 g/mol. The Morgan fingerprint density at radius 2 is 1.58 bits per heavy atom. The highest BCUT2D eigenvalue weighted by atomic mass is 16.6. The lowest BCUT2D eigenvalue weighted by molar-refractivity contribution is -0.146. The number of allylic oxidation sites excluding steroid dienone is 1. The summed E-state index contributed by atoms with van der Waals surface area (Å²) in [6.07, 6.45) is 6.29. The molecule has 0 aromatic carbocycles. The third kappa shape index (κ3) is 4.69. The first-order valence-electron chi connectivity index (χ1n) is 7.16. The van der Waals surface area contributed by atoms with Crippen molar-refractivity contribution in [3.63, 3.8) is 0 Å². The van der Waals surface area contributed by atoms with Gasteiger partial charge in [0.05, 0.1) is 13.2 Å². The Labute approximate surface area is 115 Å². The van der Waals surface area contributed by atoms with Gasteiger partial charge in [-0.15, -0.1) is 0 Å². The van der Waals surface area contributed by atoms with Crippen LogP contribution in [-0.4, -0.2) is 25.2 Å². The number of carbonyl (C=O) groups excluding carboxylic acids is 2. The summed E-state index contributed by atoms with van der Waals surface area (Å²) in [5.41, 5.74) is 0.0578. The zero-order chi connectivity index (χ0) is 14.3. The Morgan fingerprint density at radius 3 is 2.05 bits per heavy atom. The molecule has 0 aromatic heterocycles. The first-order valence-corrected chi connectivity index (χ1v) is 7.16. The maximum absolute atomic E-state index is 11.8. The molecule has 1 saturated carbocycles. The van der Waals surface area contributed by atoms with Crippen LogP contribution in [-0.2, 0) is 19.1 Å². The smallest absolute Gasteiger partial charge is 0.345 e. The zero-order valence-electron chi connectivity index (χ0n) is 12.1. The van der Waals surface area contributed by atoms with E-state index in [1.165, 1.54) is 6.42 Å². The highest BCUT2D eigenvalue weighted by molar-refractivity contribution is 6.14. The molecule has 1 rings (SSSR count). The van der Waals surface area contributed by atoms with Gasteiger partial charge in [0.15, 0.2) is 0 Å². The minimum absolute atomic E-state index is 0.0578. The van der Waals surface area contributed by atoms with Crippen LogP contribution in [0, 0.1) is 11.8 Å². The van der Waals surface area contributed by atoms with Crippen LogP contribution in [0.2, 0.25) is 0 Å². The normalized spacial score (nSPS) is 22.5. The van der Waals surface area contributed by atoms with E-state index in [0.29, 0.717) is 5.92 Å². The molecule has 2 atom stereocenters. The predicted octanol–water partition coefficient (Wildman–Crippen LogP) is 2.87. The third-order valence-corrected chi connectivity index (χ3v) is 3.55. The highest BCUT2D eigenvalue weighted by Gasteiger charge is 2.26. The van der Waals surface area contributed by atoms with Crippen molar-refractivity contribution < 1.29 is 19.1 Å². The molecule has 19 heavy (non-hydrogen) atoms. The number of hydrogen-bond acceptors (Lipinski definition) is 4. The minimum atomic E-state index is -0.571. The Bertz CT molecular complexity index is 326. The van der Waals surface area contributed by atoms with Crippen molar-refractivity contribution in [3.8, 4) is 0 Å².